The number of carbonyl (C=O) groups is 1. The first kappa shape index (κ1) is 21.5. The van der Waals surface area contributed by atoms with Gasteiger partial charge in [0.15, 0.2) is 5.69 Å². The molecule has 0 unspecified atom stereocenters. The van der Waals surface area contributed by atoms with Crippen LogP contribution in [0.25, 0.3) is 0 Å². The van der Waals surface area contributed by atoms with E-state index in [-0.39, 0.29) is 24.0 Å². The maximum absolute atomic E-state index is 12.8. The normalized spacial score (nSPS) is 10.8. The maximum atomic E-state index is 12.8. The Bertz CT molecular complexity index is 887. The van der Waals surface area contributed by atoms with E-state index in [1.807, 2.05) is 37.3 Å². The summed E-state index contributed by atoms with van der Waals surface area (Å²) in [6.07, 6.45) is 4.70. The summed E-state index contributed by atoms with van der Waals surface area (Å²) in [4.78, 5) is 41.5. The molecule has 0 aliphatic heterocycles. The number of nitrogen functional groups attached to an aromatic ring is 1. The highest BCUT2D eigenvalue weighted by Crippen LogP contribution is 2.20. The number of aromatic amines is 1. The van der Waals surface area contributed by atoms with E-state index in [2.05, 4.69) is 11.9 Å². The molecule has 2 aromatic rings. The minimum absolute atomic E-state index is 0.0255. The largest absolute Gasteiger partial charge is 0.383 e. The van der Waals surface area contributed by atoms with Crippen LogP contribution in [0.1, 0.15) is 57.9 Å². The van der Waals surface area contributed by atoms with E-state index in [0.717, 1.165) is 37.7 Å². The van der Waals surface area contributed by atoms with E-state index >= 15 is 0 Å². The Morgan fingerprint density at radius 2 is 1.75 bits per heavy atom. The van der Waals surface area contributed by atoms with Crippen molar-refractivity contribution in [2.75, 3.05) is 17.2 Å². The third-order valence-electron chi connectivity index (χ3n) is 4.70. The smallest absolute Gasteiger partial charge is 0.330 e. The molecule has 0 aliphatic rings. The summed E-state index contributed by atoms with van der Waals surface area (Å²) in [5.41, 5.74) is 6.00. The van der Waals surface area contributed by atoms with Crippen molar-refractivity contribution in [1.82, 2.24) is 9.55 Å². The number of H-pyrrole nitrogens is 1. The number of aromatic nitrogens is 2. The van der Waals surface area contributed by atoms with Gasteiger partial charge in [-0.05, 0) is 18.4 Å². The number of nitrogens with one attached hydrogen (secondary N) is 1. The number of amides is 1. The molecule has 7 nitrogen and oxygen atoms in total. The van der Waals surface area contributed by atoms with Gasteiger partial charge in [-0.15, -0.1) is 0 Å². The first-order valence-corrected chi connectivity index (χ1v) is 9.96. The lowest BCUT2D eigenvalue weighted by atomic mass is 10.1. The Kier molecular flexibility index (Phi) is 8.04. The second kappa shape index (κ2) is 10.5. The van der Waals surface area contributed by atoms with E-state index in [4.69, 9.17) is 5.73 Å². The number of nitrogens with two attached hydrogens (primary N) is 1. The molecular weight excluding hydrogens is 356 g/mol. The summed E-state index contributed by atoms with van der Waals surface area (Å²) in [6, 6.07) is 9.38. The van der Waals surface area contributed by atoms with Gasteiger partial charge in [-0.1, -0.05) is 63.4 Å². The summed E-state index contributed by atoms with van der Waals surface area (Å²) in [6.45, 7) is 4.71. The third kappa shape index (κ3) is 5.34. The number of anilines is 2. The molecule has 3 N–H and O–H groups in total. The molecule has 1 aromatic heterocycles. The van der Waals surface area contributed by atoms with Gasteiger partial charge in [0.25, 0.3) is 5.56 Å². The van der Waals surface area contributed by atoms with Gasteiger partial charge in [-0.3, -0.25) is 19.1 Å². The second-order valence-electron chi connectivity index (χ2n) is 6.92. The van der Waals surface area contributed by atoms with Crippen molar-refractivity contribution in [2.45, 2.75) is 58.9 Å². The van der Waals surface area contributed by atoms with Crippen LogP contribution in [-0.4, -0.2) is 22.0 Å². The van der Waals surface area contributed by atoms with Crippen molar-refractivity contribution in [3.05, 3.63) is 56.7 Å². The Balaban J connectivity index is 2.44. The Labute approximate surface area is 165 Å². The molecule has 2 rings (SSSR count). The molecule has 0 saturated heterocycles. The van der Waals surface area contributed by atoms with E-state index in [9.17, 15) is 14.4 Å². The van der Waals surface area contributed by atoms with Crippen molar-refractivity contribution in [1.29, 1.82) is 0 Å². The fraction of sp³-hybridized carbons (Fsp3) is 0.476. The number of hydrogen-bond donors (Lipinski definition) is 2. The van der Waals surface area contributed by atoms with E-state index in [1.54, 1.807) is 0 Å². The molecule has 0 fully saturated rings. The molecule has 0 saturated carbocycles. The molecule has 7 heteroatoms. The molecule has 0 bridgehead atoms. The number of rotatable bonds is 10. The fourth-order valence-corrected chi connectivity index (χ4v) is 3.10. The number of benzene rings is 1. The molecule has 152 valence electrons. The lowest BCUT2D eigenvalue weighted by Crippen LogP contribution is -2.41. The summed E-state index contributed by atoms with van der Waals surface area (Å²) in [5, 5.41) is 0. The SMILES string of the molecule is CCCCCC(=O)N(CCCC)c1c(N)n(Cc2ccccc2)c(=O)[nH]c1=O. The third-order valence-corrected chi connectivity index (χ3v) is 4.70. The first-order valence-electron chi connectivity index (χ1n) is 9.96. The van der Waals surface area contributed by atoms with E-state index in [0.29, 0.717) is 13.0 Å². The fourth-order valence-electron chi connectivity index (χ4n) is 3.10. The minimum atomic E-state index is -0.619. The summed E-state index contributed by atoms with van der Waals surface area (Å²) < 4.78 is 1.31. The molecule has 0 radical (unpaired) electrons. The summed E-state index contributed by atoms with van der Waals surface area (Å²) in [5.74, 6) is -0.110. The predicted octanol–water partition coefficient (Wildman–Crippen LogP) is 2.88. The molecule has 1 heterocycles. The Morgan fingerprint density at radius 3 is 2.39 bits per heavy atom. The van der Waals surface area contributed by atoms with Crippen molar-refractivity contribution in [3.63, 3.8) is 0 Å². The zero-order chi connectivity index (χ0) is 20.5. The van der Waals surface area contributed by atoms with Crippen LogP contribution in [0.4, 0.5) is 11.5 Å². The van der Waals surface area contributed by atoms with Gasteiger partial charge in [0.05, 0.1) is 6.54 Å². The van der Waals surface area contributed by atoms with E-state index in [1.165, 1.54) is 9.47 Å². The molecular formula is C21H30N4O3. The molecule has 28 heavy (non-hydrogen) atoms. The number of unbranched alkanes of at least 4 members (excludes halogenated alkanes) is 3. The van der Waals surface area contributed by atoms with E-state index < -0.39 is 11.2 Å². The molecule has 0 spiro atoms. The zero-order valence-corrected chi connectivity index (χ0v) is 16.7. The van der Waals surface area contributed by atoms with Crippen molar-refractivity contribution in [2.24, 2.45) is 0 Å². The average Bonchev–Trinajstić information content (AvgIpc) is 2.68. The van der Waals surface area contributed by atoms with Crippen LogP contribution in [0, 0.1) is 0 Å². The minimum Gasteiger partial charge on any atom is -0.383 e. The number of hydrogen-bond acceptors (Lipinski definition) is 4. The highest BCUT2D eigenvalue weighted by molar-refractivity contribution is 5.95. The lowest BCUT2D eigenvalue weighted by Gasteiger charge is -2.24. The topological polar surface area (TPSA) is 101 Å². The lowest BCUT2D eigenvalue weighted by molar-refractivity contribution is -0.118. The highest BCUT2D eigenvalue weighted by Gasteiger charge is 2.23. The first-order chi connectivity index (χ1) is 13.5. The Hall–Kier alpha value is -2.83. The van der Waals surface area contributed by atoms with Crippen LogP contribution in [-0.2, 0) is 11.3 Å². The van der Waals surface area contributed by atoms with Crippen LogP contribution < -0.4 is 21.9 Å². The number of carbonyl (C=O) groups excluding carboxylic acids is 1. The zero-order valence-electron chi connectivity index (χ0n) is 16.7. The standard InChI is InChI=1S/C21H30N4O3/c1-3-5-8-13-17(26)24(14-6-4-2)18-19(22)25(21(28)23-20(18)27)15-16-11-9-7-10-12-16/h7,9-12H,3-6,8,13-15,22H2,1-2H3,(H,23,27,28). The van der Waals surface area contributed by atoms with Crippen LogP contribution in [0.2, 0.25) is 0 Å². The Morgan fingerprint density at radius 1 is 1.07 bits per heavy atom. The van der Waals surface area contributed by atoms with Gasteiger partial charge in [-0.25, -0.2) is 4.79 Å². The predicted molar refractivity (Wildman–Crippen MR) is 113 cm³/mol. The van der Waals surface area contributed by atoms with Gasteiger partial charge in [-0.2, -0.15) is 0 Å². The van der Waals surface area contributed by atoms with Crippen LogP contribution >= 0.6 is 0 Å². The second-order valence-corrected chi connectivity index (χ2v) is 6.92. The van der Waals surface area contributed by atoms with Crippen molar-refractivity contribution < 1.29 is 4.79 Å². The van der Waals surface area contributed by atoms with Gasteiger partial charge in [0.2, 0.25) is 5.91 Å². The monoisotopic (exact) mass is 386 g/mol. The van der Waals surface area contributed by atoms with Gasteiger partial charge in [0.1, 0.15) is 5.82 Å². The number of nitrogens with zero attached hydrogens (tertiary/aromatic N) is 2. The average molecular weight is 386 g/mol. The van der Waals surface area contributed by atoms with Crippen LogP contribution in [0.3, 0.4) is 0 Å². The van der Waals surface area contributed by atoms with Crippen molar-refractivity contribution in [3.8, 4) is 0 Å². The summed E-state index contributed by atoms with van der Waals surface area (Å²) >= 11 is 0. The summed E-state index contributed by atoms with van der Waals surface area (Å²) in [7, 11) is 0. The van der Waals surface area contributed by atoms with Gasteiger partial charge < -0.3 is 10.6 Å². The van der Waals surface area contributed by atoms with Crippen LogP contribution in [0.15, 0.2) is 39.9 Å². The molecule has 1 aromatic carbocycles. The molecule has 0 aliphatic carbocycles. The molecule has 1 amide bonds. The maximum Gasteiger partial charge on any atom is 0.330 e. The quantitative estimate of drug-likeness (QED) is 0.613. The molecule has 0 atom stereocenters. The van der Waals surface area contributed by atoms with Crippen molar-refractivity contribution >= 4 is 17.4 Å². The van der Waals surface area contributed by atoms with Gasteiger partial charge in [0, 0.05) is 13.0 Å². The highest BCUT2D eigenvalue weighted by atomic mass is 16.2. The van der Waals surface area contributed by atoms with Gasteiger partial charge >= 0.3 is 5.69 Å². The van der Waals surface area contributed by atoms with Crippen LogP contribution in [0.5, 0.6) is 0 Å².